The van der Waals surface area contributed by atoms with E-state index < -0.39 is 28.5 Å². The number of halogens is 1. The van der Waals surface area contributed by atoms with E-state index >= 15 is 0 Å². The Balaban J connectivity index is 1.66. The molecule has 44 heavy (non-hydrogen) atoms. The molecule has 1 N–H and O–H groups in total. The number of benzene rings is 4. The molecule has 0 aromatic heterocycles. The summed E-state index contributed by atoms with van der Waals surface area (Å²) in [6.45, 7) is 1.97. The molecular formula is C34H36ClN3O5S. The molecule has 1 atom stereocenters. The van der Waals surface area contributed by atoms with E-state index in [9.17, 15) is 18.0 Å². The molecular weight excluding hydrogens is 598 g/mol. The molecule has 4 rings (SSSR count). The maximum Gasteiger partial charge on any atom is 0.244 e. The first-order chi connectivity index (χ1) is 21.1. The van der Waals surface area contributed by atoms with Gasteiger partial charge >= 0.3 is 0 Å². The molecule has 0 aliphatic carbocycles. The van der Waals surface area contributed by atoms with Gasteiger partial charge in [0.05, 0.1) is 11.9 Å². The van der Waals surface area contributed by atoms with Crippen molar-refractivity contribution in [3.63, 3.8) is 0 Å². The third-order valence-corrected chi connectivity index (χ3v) is 8.26. The number of ether oxygens (including phenoxy) is 1. The van der Waals surface area contributed by atoms with Gasteiger partial charge in [0.25, 0.3) is 0 Å². The number of rotatable bonds is 14. The number of hydrogen-bond acceptors (Lipinski definition) is 5. The Kier molecular flexibility index (Phi) is 11.4. The summed E-state index contributed by atoms with van der Waals surface area (Å²) in [7, 11) is -3.89. The zero-order valence-electron chi connectivity index (χ0n) is 24.7. The molecule has 0 spiro atoms. The van der Waals surface area contributed by atoms with Crippen molar-refractivity contribution in [1.82, 2.24) is 10.2 Å². The van der Waals surface area contributed by atoms with E-state index in [4.69, 9.17) is 16.3 Å². The number of hydrogen-bond donors (Lipinski definition) is 1. The molecule has 0 heterocycles. The Labute approximate surface area is 264 Å². The third-order valence-electron chi connectivity index (χ3n) is 6.87. The third kappa shape index (κ3) is 9.33. The fourth-order valence-corrected chi connectivity index (χ4v) is 5.60. The summed E-state index contributed by atoms with van der Waals surface area (Å²) in [4.78, 5) is 29.2. The number of para-hydroxylation sites is 1. The molecule has 0 radical (unpaired) electrons. The van der Waals surface area contributed by atoms with E-state index in [0.29, 0.717) is 28.8 Å². The van der Waals surface area contributed by atoms with Gasteiger partial charge in [0.2, 0.25) is 21.8 Å². The average Bonchev–Trinajstić information content (AvgIpc) is 3.02. The van der Waals surface area contributed by atoms with Crippen molar-refractivity contribution in [2.24, 2.45) is 0 Å². The van der Waals surface area contributed by atoms with Gasteiger partial charge < -0.3 is 15.0 Å². The Hall–Kier alpha value is -4.34. The number of nitrogens with zero attached hydrogens (tertiary/aromatic N) is 2. The molecule has 8 nitrogen and oxygen atoms in total. The van der Waals surface area contributed by atoms with Gasteiger partial charge in [-0.1, -0.05) is 79.2 Å². The van der Waals surface area contributed by atoms with Crippen LogP contribution in [0.15, 0.2) is 109 Å². The summed E-state index contributed by atoms with van der Waals surface area (Å²) in [5.74, 6) is 0.313. The van der Waals surface area contributed by atoms with Crippen LogP contribution in [0.1, 0.15) is 24.5 Å². The van der Waals surface area contributed by atoms with Crippen molar-refractivity contribution in [2.75, 3.05) is 23.7 Å². The summed E-state index contributed by atoms with van der Waals surface area (Å²) in [6, 6.07) is 31.2. The van der Waals surface area contributed by atoms with E-state index in [1.54, 1.807) is 48.5 Å². The second kappa shape index (κ2) is 15.4. The van der Waals surface area contributed by atoms with Crippen LogP contribution in [-0.2, 0) is 32.6 Å². The first kappa shape index (κ1) is 32.6. The molecule has 0 fully saturated rings. The summed E-state index contributed by atoms with van der Waals surface area (Å²) in [6.07, 6.45) is 2.02. The van der Waals surface area contributed by atoms with Crippen LogP contribution in [0.2, 0.25) is 5.02 Å². The summed E-state index contributed by atoms with van der Waals surface area (Å²) in [5.41, 5.74) is 1.91. The number of carbonyl (C=O) groups is 2. The Morgan fingerprint density at radius 2 is 1.41 bits per heavy atom. The molecule has 0 bridgehead atoms. The maximum atomic E-state index is 14.2. The maximum absolute atomic E-state index is 14.2. The van der Waals surface area contributed by atoms with Crippen molar-refractivity contribution < 1.29 is 22.7 Å². The van der Waals surface area contributed by atoms with Gasteiger partial charge in [-0.15, -0.1) is 0 Å². The van der Waals surface area contributed by atoms with Crippen molar-refractivity contribution in [3.8, 4) is 11.5 Å². The second-order valence-corrected chi connectivity index (χ2v) is 12.7. The van der Waals surface area contributed by atoms with Crippen LogP contribution in [0, 0.1) is 0 Å². The molecule has 230 valence electrons. The minimum absolute atomic E-state index is 0.0779. The lowest BCUT2D eigenvalue weighted by Crippen LogP contribution is -2.53. The molecule has 0 aliphatic heterocycles. The van der Waals surface area contributed by atoms with E-state index in [-0.39, 0.29) is 18.9 Å². The van der Waals surface area contributed by atoms with Gasteiger partial charge in [0.1, 0.15) is 24.1 Å². The monoisotopic (exact) mass is 633 g/mol. The van der Waals surface area contributed by atoms with Crippen LogP contribution in [0.4, 0.5) is 5.69 Å². The summed E-state index contributed by atoms with van der Waals surface area (Å²) in [5, 5.41) is 3.46. The number of amides is 2. The number of nitrogens with one attached hydrogen (secondary N) is 1. The smallest absolute Gasteiger partial charge is 0.244 e. The van der Waals surface area contributed by atoms with E-state index in [1.807, 2.05) is 67.6 Å². The largest absolute Gasteiger partial charge is 0.457 e. The molecule has 0 saturated heterocycles. The van der Waals surface area contributed by atoms with Gasteiger partial charge in [-0.25, -0.2) is 8.42 Å². The van der Waals surface area contributed by atoms with Crippen molar-refractivity contribution in [3.05, 3.63) is 125 Å². The predicted octanol–water partition coefficient (Wildman–Crippen LogP) is 6.06. The van der Waals surface area contributed by atoms with Gasteiger partial charge in [-0.3, -0.25) is 13.9 Å². The lowest BCUT2D eigenvalue weighted by molar-refractivity contribution is -0.140. The van der Waals surface area contributed by atoms with Crippen molar-refractivity contribution in [1.29, 1.82) is 0 Å². The number of anilines is 1. The minimum atomic E-state index is -3.89. The van der Waals surface area contributed by atoms with Crippen LogP contribution < -0.4 is 14.4 Å². The average molecular weight is 634 g/mol. The van der Waals surface area contributed by atoms with Crippen LogP contribution >= 0.6 is 11.6 Å². The topological polar surface area (TPSA) is 96.0 Å². The van der Waals surface area contributed by atoms with Crippen LogP contribution in [0.5, 0.6) is 11.5 Å². The summed E-state index contributed by atoms with van der Waals surface area (Å²) < 4.78 is 32.9. The highest BCUT2D eigenvalue weighted by Gasteiger charge is 2.33. The minimum Gasteiger partial charge on any atom is -0.457 e. The lowest BCUT2D eigenvalue weighted by atomic mass is 10.0. The standard InChI is InChI=1S/C34H36ClN3O5S/c1-3-22-36-34(40)32(23-26-10-6-4-7-11-26)37(24-27-14-16-28(35)17-15-27)33(39)25-38(44(2,41)42)29-18-20-31(21-19-29)43-30-12-8-5-9-13-30/h4-21,32H,3,22-25H2,1-2H3,(H,36,40). The number of sulfonamides is 1. The highest BCUT2D eigenvalue weighted by Crippen LogP contribution is 2.26. The van der Waals surface area contributed by atoms with Gasteiger partial charge in [-0.2, -0.15) is 0 Å². The lowest BCUT2D eigenvalue weighted by Gasteiger charge is -2.33. The Morgan fingerprint density at radius 1 is 0.818 bits per heavy atom. The van der Waals surface area contributed by atoms with Crippen LogP contribution in [-0.4, -0.2) is 50.5 Å². The van der Waals surface area contributed by atoms with E-state index in [1.165, 1.54) is 4.90 Å². The Morgan fingerprint density at radius 3 is 2.00 bits per heavy atom. The zero-order chi connectivity index (χ0) is 31.5. The van der Waals surface area contributed by atoms with Crippen LogP contribution in [0.3, 0.4) is 0 Å². The molecule has 10 heteroatoms. The summed E-state index contributed by atoms with van der Waals surface area (Å²) >= 11 is 6.10. The van der Waals surface area contributed by atoms with Crippen LogP contribution in [0.25, 0.3) is 0 Å². The molecule has 4 aromatic rings. The zero-order valence-corrected chi connectivity index (χ0v) is 26.3. The highest BCUT2D eigenvalue weighted by molar-refractivity contribution is 7.92. The molecule has 4 aromatic carbocycles. The Bertz CT molecular complexity index is 1620. The first-order valence-corrected chi connectivity index (χ1v) is 16.5. The first-order valence-electron chi connectivity index (χ1n) is 14.3. The highest BCUT2D eigenvalue weighted by atomic mass is 35.5. The van der Waals surface area contributed by atoms with E-state index in [0.717, 1.165) is 28.1 Å². The molecule has 0 aliphatic rings. The fraction of sp³-hybridized carbons (Fsp3) is 0.235. The number of carbonyl (C=O) groups excluding carboxylic acids is 2. The second-order valence-electron chi connectivity index (χ2n) is 10.3. The molecule has 1 unspecified atom stereocenters. The SMILES string of the molecule is CCCNC(=O)C(Cc1ccccc1)N(Cc1ccc(Cl)cc1)C(=O)CN(c1ccc(Oc2ccccc2)cc1)S(C)(=O)=O. The fourth-order valence-electron chi connectivity index (χ4n) is 4.63. The quantitative estimate of drug-likeness (QED) is 0.182. The predicted molar refractivity (Wildman–Crippen MR) is 174 cm³/mol. The van der Waals surface area contributed by atoms with Gasteiger partial charge in [0.15, 0.2) is 0 Å². The normalized spacial score (nSPS) is 11.8. The van der Waals surface area contributed by atoms with Gasteiger partial charge in [0, 0.05) is 24.5 Å². The van der Waals surface area contributed by atoms with Crippen molar-refractivity contribution >= 4 is 39.1 Å². The molecule has 2 amide bonds. The van der Waals surface area contributed by atoms with E-state index in [2.05, 4.69) is 5.32 Å². The van der Waals surface area contributed by atoms with Gasteiger partial charge in [-0.05, 0) is 66.1 Å². The van der Waals surface area contributed by atoms with Crippen molar-refractivity contribution in [2.45, 2.75) is 32.4 Å². The molecule has 0 saturated carbocycles.